The van der Waals surface area contributed by atoms with E-state index in [1.807, 2.05) is 97.9 Å². The molecule has 1 saturated carbocycles. The summed E-state index contributed by atoms with van der Waals surface area (Å²) in [5.41, 5.74) is 1.92. The number of amides is 2. The minimum Gasteiger partial charge on any atom is -0.467 e. The molecule has 0 radical (unpaired) electrons. The van der Waals surface area contributed by atoms with E-state index >= 15 is 0 Å². The molecular formula is C30H32N2O5. The molecule has 7 nitrogen and oxygen atoms in total. The number of carbonyl (C=O) groups is 3. The van der Waals surface area contributed by atoms with Crippen LogP contribution in [0, 0.1) is 11.3 Å². The summed E-state index contributed by atoms with van der Waals surface area (Å²) in [4.78, 5) is 38.6. The molecule has 1 aliphatic carbocycles. The Balaban J connectivity index is 1.45. The van der Waals surface area contributed by atoms with Crippen LogP contribution in [0.4, 0.5) is 4.79 Å². The van der Waals surface area contributed by atoms with Crippen LogP contribution in [0.5, 0.6) is 0 Å². The van der Waals surface area contributed by atoms with Gasteiger partial charge < -0.3 is 20.1 Å². The summed E-state index contributed by atoms with van der Waals surface area (Å²) in [6.07, 6.45) is 0.326. The SMILES string of the molecule is COC(=O)[C@H](Cc1ccccc1)NC(=O)[C@@]1(C)C[C@@H]1[C@@H](NC(=O)OCc1ccccc1)c1ccccc1. The highest BCUT2D eigenvalue weighted by Crippen LogP contribution is 2.58. The zero-order valence-corrected chi connectivity index (χ0v) is 21.1. The Morgan fingerprint density at radius 2 is 1.43 bits per heavy atom. The van der Waals surface area contributed by atoms with Gasteiger partial charge in [-0.2, -0.15) is 0 Å². The number of methoxy groups -OCH3 is 1. The lowest BCUT2D eigenvalue weighted by molar-refractivity contribution is -0.145. The van der Waals surface area contributed by atoms with Crippen LogP contribution in [-0.4, -0.2) is 31.1 Å². The summed E-state index contributed by atoms with van der Waals surface area (Å²) in [5.74, 6) is -0.918. The first kappa shape index (κ1) is 25.9. The maximum atomic E-state index is 13.4. The van der Waals surface area contributed by atoms with Crippen LogP contribution in [0.3, 0.4) is 0 Å². The van der Waals surface area contributed by atoms with Crippen LogP contribution < -0.4 is 10.6 Å². The van der Waals surface area contributed by atoms with Crippen molar-refractivity contribution in [3.63, 3.8) is 0 Å². The van der Waals surface area contributed by atoms with Crippen molar-refractivity contribution in [2.45, 2.75) is 38.5 Å². The van der Waals surface area contributed by atoms with Gasteiger partial charge in [-0.15, -0.1) is 0 Å². The molecule has 1 aliphatic rings. The van der Waals surface area contributed by atoms with Crippen LogP contribution in [0.15, 0.2) is 91.0 Å². The molecule has 0 unspecified atom stereocenters. The van der Waals surface area contributed by atoms with Crippen LogP contribution in [-0.2, 0) is 32.1 Å². The van der Waals surface area contributed by atoms with Gasteiger partial charge in [0.1, 0.15) is 12.6 Å². The molecule has 0 heterocycles. The van der Waals surface area contributed by atoms with Gasteiger partial charge in [0.05, 0.1) is 18.6 Å². The highest BCUT2D eigenvalue weighted by molar-refractivity contribution is 5.90. The number of benzene rings is 3. The van der Waals surface area contributed by atoms with Gasteiger partial charge in [-0.05, 0) is 29.0 Å². The number of hydrogen-bond donors (Lipinski definition) is 2. The zero-order chi connectivity index (χ0) is 26.3. The van der Waals surface area contributed by atoms with Crippen molar-refractivity contribution in [2.75, 3.05) is 7.11 Å². The van der Waals surface area contributed by atoms with Gasteiger partial charge in [0.25, 0.3) is 0 Å². The third-order valence-corrected chi connectivity index (χ3v) is 6.94. The van der Waals surface area contributed by atoms with E-state index in [1.54, 1.807) is 0 Å². The monoisotopic (exact) mass is 500 g/mol. The average Bonchev–Trinajstić information content (AvgIpc) is 3.63. The standard InChI is InChI=1S/C30H32N2O5/c1-30(28(34)31-25(27(33)36-2)18-21-12-6-3-7-13-21)19-24(30)26(23-16-10-5-11-17-23)32-29(35)37-20-22-14-8-4-9-15-22/h3-17,24-26H,18-20H2,1-2H3,(H,31,34)(H,32,35)/t24-,25+,26+,30+/m1/s1. The lowest BCUT2D eigenvalue weighted by Gasteiger charge is -2.23. The Morgan fingerprint density at radius 3 is 2.03 bits per heavy atom. The summed E-state index contributed by atoms with van der Waals surface area (Å²) in [7, 11) is 1.31. The molecule has 7 heteroatoms. The van der Waals surface area contributed by atoms with E-state index in [4.69, 9.17) is 9.47 Å². The van der Waals surface area contributed by atoms with E-state index in [0.717, 1.165) is 16.7 Å². The van der Waals surface area contributed by atoms with Gasteiger partial charge >= 0.3 is 12.1 Å². The number of rotatable bonds is 10. The third kappa shape index (κ3) is 6.55. The molecule has 0 saturated heterocycles. The number of hydrogen-bond acceptors (Lipinski definition) is 5. The Kier molecular flexibility index (Phi) is 8.23. The van der Waals surface area contributed by atoms with Crippen LogP contribution in [0.25, 0.3) is 0 Å². The predicted octanol–water partition coefficient (Wildman–Crippen LogP) is 4.58. The molecule has 2 amide bonds. The highest BCUT2D eigenvalue weighted by atomic mass is 16.5. The minimum atomic E-state index is -0.808. The second kappa shape index (κ2) is 11.7. The van der Waals surface area contributed by atoms with E-state index in [-0.39, 0.29) is 18.4 Å². The third-order valence-electron chi connectivity index (χ3n) is 6.94. The first-order valence-corrected chi connectivity index (χ1v) is 12.4. The van der Waals surface area contributed by atoms with Gasteiger partial charge in [0.15, 0.2) is 0 Å². The van der Waals surface area contributed by atoms with Crippen molar-refractivity contribution in [2.24, 2.45) is 11.3 Å². The number of nitrogens with one attached hydrogen (secondary N) is 2. The molecule has 4 rings (SSSR count). The predicted molar refractivity (Wildman–Crippen MR) is 139 cm³/mol. The lowest BCUT2D eigenvalue weighted by atomic mass is 9.94. The van der Waals surface area contributed by atoms with Gasteiger partial charge in [0, 0.05) is 6.42 Å². The Bertz CT molecular complexity index is 1200. The fraction of sp³-hybridized carbons (Fsp3) is 0.300. The Hall–Kier alpha value is -4.13. The topological polar surface area (TPSA) is 93.7 Å². The van der Waals surface area contributed by atoms with Crippen LogP contribution in [0.1, 0.15) is 36.1 Å². The van der Waals surface area contributed by atoms with Gasteiger partial charge in [-0.3, -0.25) is 4.79 Å². The van der Waals surface area contributed by atoms with Gasteiger partial charge in [0.2, 0.25) is 5.91 Å². The number of ether oxygens (including phenoxy) is 2. The van der Waals surface area contributed by atoms with Gasteiger partial charge in [-0.25, -0.2) is 9.59 Å². The fourth-order valence-electron chi connectivity index (χ4n) is 4.62. The second-order valence-corrected chi connectivity index (χ2v) is 9.56. The number of alkyl carbamates (subject to hydrolysis) is 1. The van der Waals surface area contributed by atoms with Gasteiger partial charge in [-0.1, -0.05) is 97.9 Å². The fourth-order valence-corrected chi connectivity index (χ4v) is 4.62. The zero-order valence-electron chi connectivity index (χ0n) is 21.1. The lowest BCUT2D eigenvalue weighted by Crippen LogP contribution is -2.46. The molecular weight excluding hydrogens is 468 g/mol. The maximum Gasteiger partial charge on any atom is 0.407 e. The molecule has 1 fully saturated rings. The molecule has 3 aromatic carbocycles. The normalized spacial score (nSPS) is 19.7. The molecule has 192 valence electrons. The Morgan fingerprint density at radius 1 is 0.865 bits per heavy atom. The van der Waals surface area contributed by atoms with Crippen molar-refractivity contribution in [1.82, 2.24) is 10.6 Å². The van der Waals surface area contributed by atoms with E-state index in [2.05, 4.69) is 10.6 Å². The summed E-state index contributed by atoms with van der Waals surface area (Å²) < 4.78 is 10.4. The summed E-state index contributed by atoms with van der Waals surface area (Å²) in [6, 6.07) is 27.2. The van der Waals surface area contributed by atoms with Crippen LogP contribution in [0.2, 0.25) is 0 Å². The molecule has 0 aromatic heterocycles. The molecule has 0 bridgehead atoms. The van der Waals surface area contributed by atoms with Crippen molar-refractivity contribution in [3.8, 4) is 0 Å². The molecule has 3 aromatic rings. The van der Waals surface area contributed by atoms with Crippen LogP contribution >= 0.6 is 0 Å². The Labute approximate surface area is 217 Å². The molecule has 4 atom stereocenters. The highest BCUT2D eigenvalue weighted by Gasteiger charge is 2.60. The quantitative estimate of drug-likeness (QED) is 0.398. The van der Waals surface area contributed by atoms with Crippen molar-refractivity contribution in [3.05, 3.63) is 108 Å². The second-order valence-electron chi connectivity index (χ2n) is 9.56. The van der Waals surface area contributed by atoms with E-state index < -0.39 is 29.6 Å². The largest absolute Gasteiger partial charge is 0.467 e. The summed E-state index contributed by atoms with van der Waals surface area (Å²) in [6.45, 7) is 2.01. The van der Waals surface area contributed by atoms with E-state index in [9.17, 15) is 14.4 Å². The summed E-state index contributed by atoms with van der Waals surface area (Å²) in [5, 5.41) is 5.87. The van der Waals surface area contributed by atoms with Crippen molar-refractivity contribution >= 4 is 18.0 Å². The van der Waals surface area contributed by atoms with Crippen molar-refractivity contribution in [1.29, 1.82) is 0 Å². The maximum absolute atomic E-state index is 13.4. The number of esters is 1. The van der Waals surface area contributed by atoms with E-state index in [1.165, 1.54) is 7.11 Å². The summed E-state index contributed by atoms with van der Waals surface area (Å²) >= 11 is 0. The van der Waals surface area contributed by atoms with Crippen molar-refractivity contribution < 1.29 is 23.9 Å². The molecule has 2 N–H and O–H groups in total. The first-order chi connectivity index (χ1) is 17.9. The average molecular weight is 501 g/mol. The smallest absolute Gasteiger partial charge is 0.407 e. The minimum absolute atomic E-state index is 0.150. The van der Waals surface area contributed by atoms with E-state index in [0.29, 0.717) is 12.8 Å². The first-order valence-electron chi connectivity index (χ1n) is 12.4. The molecule has 0 aliphatic heterocycles. The molecule has 0 spiro atoms. The number of carbonyl (C=O) groups excluding carboxylic acids is 3. The molecule has 37 heavy (non-hydrogen) atoms.